The zero-order chi connectivity index (χ0) is 24.5. The number of hydrogen-bond acceptors (Lipinski definition) is 5. The number of aryl methyl sites for hydroxylation is 1. The summed E-state index contributed by atoms with van der Waals surface area (Å²) in [6.45, 7) is 4.29. The van der Waals surface area contributed by atoms with Gasteiger partial charge < -0.3 is 14.5 Å². The van der Waals surface area contributed by atoms with Crippen LogP contribution in [-0.2, 0) is 9.84 Å². The minimum Gasteiger partial charge on any atom is -0.493 e. The number of methoxy groups -OCH3 is 1. The van der Waals surface area contributed by atoms with E-state index >= 15 is 0 Å². The molecule has 3 aromatic carbocycles. The second-order valence-corrected chi connectivity index (χ2v) is 10.5. The summed E-state index contributed by atoms with van der Waals surface area (Å²) < 4.78 is 37.5. The molecule has 0 aliphatic carbocycles. The Morgan fingerprint density at radius 3 is 2.41 bits per heavy atom. The van der Waals surface area contributed by atoms with Crippen LogP contribution in [-0.4, -0.2) is 43.7 Å². The molecular formula is C26H28N2O5S. The summed E-state index contributed by atoms with van der Waals surface area (Å²) in [6.07, 6.45) is 1.17. The largest absolute Gasteiger partial charge is 0.493 e. The van der Waals surface area contributed by atoms with Crippen molar-refractivity contribution in [1.29, 1.82) is 0 Å². The molecule has 0 aliphatic rings. The number of aromatic nitrogens is 2. The van der Waals surface area contributed by atoms with E-state index in [1.54, 1.807) is 25.3 Å². The molecule has 178 valence electrons. The normalized spacial score (nSPS) is 12.6. The Kier molecular flexibility index (Phi) is 6.52. The Morgan fingerprint density at radius 2 is 1.74 bits per heavy atom. The van der Waals surface area contributed by atoms with E-state index in [2.05, 4.69) is 4.98 Å². The van der Waals surface area contributed by atoms with Gasteiger partial charge in [-0.15, -0.1) is 0 Å². The third-order valence-corrected chi connectivity index (χ3v) is 6.75. The van der Waals surface area contributed by atoms with Gasteiger partial charge in [0.05, 0.1) is 36.5 Å². The summed E-state index contributed by atoms with van der Waals surface area (Å²) in [7, 11) is -1.89. The summed E-state index contributed by atoms with van der Waals surface area (Å²) in [5, 5.41) is 0. The van der Waals surface area contributed by atoms with Crippen LogP contribution in [0.5, 0.6) is 11.5 Å². The van der Waals surface area contributed by atoms with Crippen LogP contribution in [0, 0.1) is 6.92 Å². The number of sulfone groups is 1. The second kappa shape index (κ2) is 9.38. The molecule has 7 nitrogen and oxygen atoms in total. The number of hydrogen-bond donors (Lipinski definition) is 1. The Bertz CT molecular complexity index is 1500. The van der Waals surface area contributed by atoms with Crippen LogP contribution < -0.4 is 15.2 Å². The molecule has 0 fully saturated rings. The lowest BCUT2D eigenvalue weighted by Gasteiger charge is -2.20. The Hall–Kier alpha value is -3.52. The maximum atomic E-state index is 13.3. The highest BCUT2D eigenvalue weighted by Crippen LogP contribution is 2.34. The molecule has 0 saturated heterocycles. The molecule has 4 aromatic rings. The van der Waals surface area contributed by atoms with Crippen LogP contribution in [0.1, 0.15) is 24.1 Å². The van der Waals surface area contributed by atoms with E-state index in [-0.39, 0.29) is 11.4 Å². The van der Waals surface area contributed by atoms with Gasteiger partial charge in [0, 0.05) is 11.8 Å². The van der Waals surface area contributed by atoms with Gasteiger partial charge in [0.2, 0.25) is 0 Å². The SMILES string of the molecule is CCOc1cc([C@@H](CS(C)(=O)=O)n2c(=O)[nH]c3c(-c4ccccc4C)cccc32)ccc1OC. The molecule has 0 aliphatic heterocycles. The van der Waals surface area contributed by atoms with E-state index in [1.165, 1.54) is 10.8 Å². The Labute approximate surface area is 198 Å². The van der Waals surface area contributed by atoms with Crippen molar-refractivity contribution in [2.24, 2.45) is 0 Å². The van der Waals surface area contributed by atoms with E-state index in [4.69, 9.17) is 9.47 Å². The van der Waals surface area contributed by atoms with Crippen LogP contribution >= 0.6 is 0 Å². The van der Waals surface area contributed by atoms with Crippen molar-refractivity contribution in [3.63, 3.8) is 0 Å². The van der Waals surface area contributed by atoms with Gasteiger partial charge in [-0.3, -0.25) is 4.57 Å². The first-order chi connectivity index (χ1) is 16.2. The molecule has 0 amide bonds. The standard InChI is InChI=1S/C26H28N2O5S/c1-5-33-24-15-18(13-14-23(24)32-3)22(16-34(4,30)31)28-21-12-8-11-20(25(21)27-26(28)29)19-10-7-6-9-17(19)2/h6-15,22H,5,16H2,1-4H3,(H,27,29)/t22-/m1/s1. The highest BCUT2D eigenvalue weighted by Gasteiger charge is 2.25. The maximum Gasteiger partial charge on any atom is 0.327 e. The van der Waals surface area contributed by atoms with Gasteiger partial charge >= 0.3 is 5.69 Å². The van der Waals surface area contributed by atoms with Gasteiger partial charge in [-0.05, 0) is 48.7 Å². The molecule has 1 atom stereocenters. The number of fused-ring (bicyclic) bond motifs is 1. The van der Waals surface area contributed by atoms with Crippen molar-refractivity contribution in [3.05, 3.63) is 82.3 Å². The van der Waals surface area contributed by atoms with E-state index in [1.807, 2.05) is 56.3 Å². The molecule has 1 aromatic heterocycles. The number of nitrogens with zero attached hydrogens (tertiary/aromatic N) is 1. The van der Waals surface area contributed by atoms with Crippen LogP contribution in [0.4, 0.5) is 0 Å². The zero-order valence-electron chi connectivity index (χ0n) is 19.7. The predicted octanol–water partition coefficient (Wildman–Crippen LogP) is 4.35. The highest BCUT2D eigenvalue weighted by molar-refractivity contribution is 7.90. The van der Waals surface area contributed by atoms with E-state index in [0.717, 1.165) is 16.7 Å². The van der Waals surface area contributed by atoms with Crippen LogP contribution in [0.2, 0.25) is 0 Å². The van der Waals surface area contributed by atoms with Crippen molar-refractivity contribution in [3.8, 4) is 22.6 Å². The molecule has 0 radical (unpaired) electrons. The first-order valence-electron chi connectivity index (χ1n) is 11.0. The Balaban J connectivity index is 1.96. The maximum absolute atomic E-state index is 13.3. The smallest absolute Gasteiger partial charge is 0.327 e. The zero-order valence-corrected chi connectivity index (χ0v) is 20.5. The molecule has 4 rings (SSSR count). The highest BCUT2D eigenvalue weighted by atomic mass is 32.2. The third-order valence-electron chi connectivity index (χ3n) is 5.83. The molecule has 0 unspecified atom stereocenters. The number of imidazole rings is 1. The number of aromatic amines is 1. The lowest BCUT2D eigenvalue weighted by Crippen LogP contribution is -2.28. The summed E-state index contributed by atoms with van der Waals surface area (Å²) in [5.41, 5.74) is 4.52. The first kappa shape index (κ1) is 23.6. The average Bonchev–Trinajstić information content (AvgIpc) is 3.13. The number of ether oxygens (including phenoxy) is 2. The average molecular weight is 481 g/mol. The van der Waals surface area contributed by atoms with Gasteiger partial charge in [0.25, 0.3) is 0 Å². The summed E-state index contributed by atoms with van der Waals surface area (Å²) >= 11 is 0. The van der Waals surface area contributed by atoms with E-state index < -0.39 is 15.9 Å². The van der Waals surface area contributed by atoms with Gasteiger partial charge in [0.15, 0.2) is 11.5 Å². The fourth-order valence-electron chi connectivity index (χ4n) is 4.33. The molecule has 1 N–H and O–H groups in total. The number of rotatable bonds is 8. The molecule has 8 heteroatoms. The van der Waals surface area contributed by atoms with Gasteiger partial charge in [-0.1, -0.05) is 42.5 Å². The summed E-state index contributed by atoms with van der Waals surface area (Å²) in [4.78, 5) is 16.3. The molecular weight excluding hydrogens is 452 g/mol. The first-order valence-corrected chi connectivity index (χ1v) is 13.1. The van der Waals surface area contributed by atoms with Gasteiger partial charge in [-0.2, -0.15) is 0 Å². The number of benzene rings is 3. The van der Waals surface area contributed by atoms with Crippen molar-refractivity contribution < 1.29 is 17.9 Å². The Morgan fingerprint density at radius 1 is 1.00 bits per heavy atom. The van der Waals surface area contributed by atoms with Crippen LogP contribution in [0.15, 0.2) is 65.5 Å². The minimum atomic E-state index is -3.44. The lowest BCUT2D eigenvalue weighted by molar-refractivity contribution is 0.310. The topological polar surface area (TPSA) is 90.4 Å². The van der Waals surface area contributed by atoms with Gasteiger partial charge in [0.1, 0.15) is 9.84 Å². The fraction of sp³-hybridized carbons (Fsp3) is 0.269. The summed E-state index contributed by atoms with van der Waals surface area (Å²) in [6, 6.07) is 18.1. The molecule has 0 bridgehead atoms. The van der Waals surface area contributed by atoms with Crippen molar-refractivity contribution >= 4 is 20.9 Å². The van der Waals surface area contributed by atoms with Crippen molar-refractivity contribution in [1.82, 2.24) is 9.55 Å². The second-order valence-electron chi connectivity index (χ2n) is 8.27. The predicted molar refractivity (Wildman–Crippen MR) is 135 cm³/mol. The van der Waals surface area contributed by atoms with Gasteiger partial charge in [-0.25, -0.2) is 13.2 Å². The molecule has 0 saturated carbocycles. The van der Waals surface area contributed by atoms with Crippen LogP contribution in [0.25, 0.3) is 22.2 Å². The number of H-pyrrole nitrogens is 1. The van der Waals surface area contributed by atoms with E-state index in [0.29, 0.717) is 34.7 Å². The molecule has 34 heavy (non-hydrogen) atoms. The van der Waals surface area contributed by atoms with E-state index in [9.17, 15) is 13.2 Å². The van der Waals surface area contributed by atoms with Crippen LogP contribution in [0.3, 0.4) is 0 Å². The van der Waals surface area contributed by atoms with Crippen molar-refractivity contribution in [2.45, 2.75) is 19.9 Å². The third kappa shape index (κ3) is 4.59. The monoisotopic (exact) mass is 480 g/mol. The quantitative estimate of drug-likeness (QED) is 0.405. The van der Waals surface area contributed by atoms with Crippen molar-refractivity contribution in [2.75, 3.05) is 25.7 Å². The number of para-hydroxylation sites is 1. The molecule has 1 heterocycles. The fourth-order valence-corrected chi connectivity index (χ4v) is 5.25. The number of nitrogens with one attached hydrogen (secondary N) is 1. The lowest BCUT2D eigenvalue weighted by atomic mass is 9.99. The molecule has 0 spiro atoms. The summed E-state index contributed by atoms with van der Waals surface area (Å²) in [5.74, 6) is 0.790. The minimum absolute atomic E-state index is 0.244.